The van der Waals surface area contributed by atoms with Gasteiger partial charge in [-0.05, 0) is 41.8 Å². The first kappa shape index (κ1) is 15.9. The zero-order chi connectivity index (χ0) is 15.8. The molecule has 0 heterocycles. The van der Waals surface area contributed by atoms with E-state index in [-0.39, 0.29) is 0 Å². The van der Waals surface area contributed by atoms with Crippen LogP contribution >= 0.6 is 0 Å². The molecule has 1 atom stereocenters. The maximum Gasteiger partial charge on any atom is 0.118 e. The standard InChI is InChI=1S/C20H22O2/c1-4-17(18-10-14-20(22-3)15-11-18)7-5-6-16-8-12-19(21-2)13-9-16/h4-6,8-15,17H,1,7H2,2-3H3/b6-5+. The summed E-state index contributed by atoms with van der Waals surface area (Å²) in [7, 11) is 3.35. The van der Waals surface area contributed by atoms with Gasteiger partial charge in [0, 0.05) is 5.92 Å². The third-order valence-corrected chi connectivity index (χ3v) is 3.64. The van der Waals surface area contributed by atoms with Gasteiger partial charge in [-0.3, -0.25) is 0 Å². The molecular formula is C20H22O2. The minimum Gasteiger partial charge on any atom is -0.497 e. The predicted octanol–water partition coefficient (Wildman–Crippen LogP) is 5.08. The smallest absolute Gasteiger partial charge is 0.118 e. The summed E-state index contributed by atoms with van der Waals surface area (Å²) in [4.78, 5) is 0. The Morgan fingerprint density at radius 1 is 0.909 bits per heavy atom. The largest absolute Gasteiger partial charge is 0.497 e. The average molecular weight is 294 g/mol. The van der Waals surface area contributed by atoms with E-state index in [0.29, 0.717) is 5.92 Å². The number of hydrogen-bond acceptors (Lipinski definition) is 2. The van der Waals surface area contributed by atoms with Gasteiger partial charge >= 0.3 is 0 Å². The van der Waals surface area contributed by atoms with Gasteiger partial charge < -0.3 is 9.47 Å². The highest BCUT2D eigenvalue weighted by atomic mass is 16.5. The fourth-order valence-electron chi connectivity index (χ4n) is 2.29. The van der Waals surface area contributed by atoms with Crippen molar-refractivity contribution in [2.75, 3.05) is 14.2 Å². The van der Waals surface area contributed by atoms with Crippen LogP contribution in [0.25, 0.3) is 6.08 Å². The minimum absolute atomic E-state index is 0.306. The van der Waals surface area contributed by atoms with Gasteiger partial charge in [-0.15, -0.1) is 6.58 Å². The van der Waals surface area contributed by atoms with E-state index in [4.69, 9.17) is 9.47 Å². The summed E-state index contributed by atoms with van der Waals surface area (Å²) in [5.41, 5.74) is 2.41. The lowest BCUT2D eigenvalue weighted by Gasteiger charge is -2.11. The molecule has 2 aromatic carbocycles. The molecule has 2 nitrogen and oxygen atoms in total. The van der Waals surface area contributed by atoms with E-state index in [1.165, 1.54) is 11.1 Å². The van der Waals surface area contributed by atoms with Crippen molar-refractivity contribution in [3.8, 4) is 11.5 Å². The molecule has 2 aromatic rings. The second-order valence-corrected chi connectivity index (χ2v) is 5.03. The summed E-state index contributed by atoms with van der Waals surface area (Å²) in [6.45, 7) is 3.95. The molecule has 0 aliphatic rings. The highest BCUT2D eigenvalue weighted by Crippen LogP contribution is 2.24. The molecule has 0 spiro atoms. The van der Waals surface area contributed by atoms with E-state index < -0.39 is 0 Å². The number of benzene rings is 2. The van der Waals surface area contributed by atoms with Crippen LogP contribution in [0.5, 0.6) is 11.5 Å². The summed E-state index contributed by atoms with van der Waals surface area (Å²) in [5.74, 6) is 2.06. The Kier molecular flexibility index (Phi) is 5.84. The summed E-state index contributed by atoms with van der Waals surface area (Å²) in [6.07, 6.45) is 7.21. The molecule has 0 N–H and O–H groups in total. The molecule has 0 saturated carbocycles. The molecule has 0 saturated heterocycles. The lowest BCUT2D eigenvalue weighted by atomic mass is 9.95. The van der Waals surface area contributed by atoms with Crippen molar-refractivity contribution in [2.45, 2.75) is 12.3 Å². The Morgan fingerprint density at radius 2 is 1.45 bits per heavy atom. The monoisotopic (exact) mass is 294 g/mol. The molecule has 1 unspecified atom stereocenters. The molecule has 0 fully saturated rings. The Morgan fingerprint density at radius 3 is 1.95 bits per heavy atom. The van der Waals surface area contributed by atoms with Gasteiger partial charge in [0.2, 0.25) is 0 Å². The third kappa shape index (κ3) is 4.26. The van der Waals surface area contributed by atoms with Gasteiger partial charge in [-0.1, -0.05) is 42.5 Å². The molecule has 0 aliphatic carbocycles. The SMILES string of the molecule is C=CC(C/C=C/c1ccc(OC)cc1)c1ccc(OC)cc1. The quantitative estimate of drug-likeness (QED) is 0.663. The van der Waals surface area contributed by atoms with Gasteiger partial charge in [0.25, 0.3) is 0 Å². The lowest BCUT2D eigenvalue weighted by Crippen LogP contribution is -1.93. The van der Waals surface area contributed by atoms with E-state index >= 15 is 0 Å². The summed E-state index contributed by atoms with van der Waals surface area (Å²) in [5, 5.41) is 0. The molecule has 2 heteroatoms. The molecule has 0 radical (unpaired) electrons. The van der Waals surface area contributed by atoms with Crippen LogP contribution in [0.2, 0.25) is 0 Å². The van der Waals surface area contributed by atoms with Crippen molar-refractivity contribution in [2.24, 2.45) is 0 Å². The predicted molar refractivity (Wildman–Crippen MR) is 92.6 cm³/mol. The van der Waals surface area contributed by atoms with E-state index in [1.54, 1.807) is 14.2 Å². The maximum atomic E-state index is 5.19. The van der Waals surface area contributed by atoms with Crippen LogP contribution < -0.4 is 9.47 Å². The average Bonchev–Trinajstić information content (AvgIpc) is 2.59. The van der Waals surface area contributed by atoms with Gasteiger partial charge in [-0.2, -0.15) is 0 Å². The maximum absolute atomic E-state index is 5.19. The van der Waals surface area contributed by atoms with E-state index in [9.17, 15) is 0 Å². The van der Waals surface area contributed by atoms with E-state index in [1.807, 2.05) is 42.5 Å². The number of rotatable bonds is 7. The van der Waals surface area contributed by atoms with Gasteiger partial charge in [0.15, 0.2) is 0 Å². The number of allylic oxidation sites excluding steroid dienone is 2. The van der Waals surface area contributed by atoms with Crippen LogP contribution in [-0.4, -0.2) is 14.2 Å². The normalized spacial score (nSPS) is 12.1. The second kappa shape index (κ2) is 8.08. The van der Waals surface area contributed by atoms with Gasteiger partial charge in [-0.25, -0.2) is 0 Å². The molecule has 0 aromatic heterocycles. The van der Waals surface area contributed by atoms with Crippen LogP contribution in [0.4, 0.5) is 0 Å². The molecule has 2 rings (SSSR count). The molecule has 0 amide bonds. The highest BCUT2D eigenvalue weighted by Gasteiger charge is 2.05. The van der Waals surface area contributed by atoms with Crippen molar-refractivity contribution in [3.63, 3.8) is 0 Å². The highest BCUT2D eigenvalue weighted by molar-refractivity contribution is 5.50. The van der Waals surface area contributed by atoms with Crippen molar-refractivity contribution in [3.05, 3.63) is 78.4 Å². The first-order valence-corrected chi connectivity index (χ1v) is 7.34. The fraction of sp³-hybridized carbons (Fsp3) is 0.200. The Bertz CT molecular complexity index is 609. The number of hydrogen-bond donors (Lipinski definition) is 0. The number of ether oxygens (including phenoxy) is 2. The topological polar surface area (TPSA) is 18.5 Å². The molecular weight excluding hydrogens is 272 g/mol. The first-order chi connectivity index (χ1) is 10.8. The zero-order valence-electron chi connectivity index (χ0n) is 13.2. The van der Waals surface area contributed by atoms with Crippen LogP contribution in [0, 0.1) is 0 Å². The van der Waals surface area contributed by atoms with E-state index in [2.05, 4.69) is 30.9 Å². The summed E-state index contributed by atoms with van der Waals surface area (Å²) < 4.78 is 10.3. The molecule has 114 valence electrons. The fourth-order valence-corrected chi connectivity index (χ4v) is 2.29. The first-order valence-electron chi connectivity index (χ1n) is 7.34. The van der Waals surface area contributed by atoms with E-state index in [0.717, 1.165) is 17.9 Å². The van der Waals surface area contributed by atoms with Gasteiger partial charge in [0.1, 0.15) is 11.5 Å². The molecule has 0 bridgehead atoms. The van der Waals surface area contributed by atoms with Crippen molar-refractivity contribution in [1.29, 1.82) is 0 Å². The van der Waals surface area contributed by atoms with Crippen molar-refractivity contribution < 1.29 is 9.47 Å². The lowest BCUT2D eigenvalue weighted by molar-refractivity contribution is 0.414. The van der Waals surface area contributed by atoms with Crippen LogP contribution in [0.15, 0.2) is 67.3 Å². The summed E-state index contributed by atoms with van der Waals surface area (Å²) in [6, 6.07) is 16.2. The van der Waals surface area contributed by atoms with Gasteiger partial charge in [0.05, 0.1) is 14.2 Å². The minimum atomic E-state index is 0.306. The van der Waals surface area contributed by atoms with Crippen molar-refractivity contribution >= 4 is 6.08 Å². The van der Waals surface area contributed by atoms with Crippen LogP contribution in [0.3, 0.4) is 0 Å². The summed E-state index contributed by atoms with van der Waals surface area (Å²) >= 11 is 0. The third-order valence-electron chi connectivity index (χ3n) is 3.64. The number of methoxy groups -OCH3 is 2. The zero-order valence-corrected chi connectivity index (χ0v) is 13.2. The van der Waals surface area contributed by atoms with Crippen molar-refractivity contribution in [1.82, 2.24) is 0 Å². The Labute approximate surface area is 132 Å². The molecule has 22 heavy (non-hydrogen) atoms. The van der Waals surface area contributed by atoms with Crippen LogP contribution in [-0.2, 0) is 0 Å². The Balaban J connectivity index is 1.99. The Hall–Kier alpha value is -2.48. The second-order valence-electron chi connectivity index (χ2n) is 5.03. The molecule has 0 aliphatic heterocycles. The van der Waals surface area contributed by atoms with Crippen LogP contribution in [0.1, 0.15) is 23.5 Å².